The quantitative estimate of drug-likeness (QED) is 0.237. The Morgan fingerprint density at radius 2 is 1.72 bits per heavy atom. The molecule has 46 heavy (non-hydrogen) atoms. The third-order valence-corrected chi connectivity index (χ3v) is 9.96. The van der Waals surface area contributed by atoms with Gasteiger partial charge in [0.1, 0.15) is 32.8 Å². The Labute approximate surface area is 270 Å². The molecule has 1 aromatic carbocycles. The van der Waals surface area contributed by atoms with Gasteiger partial charge in [-0.1, -0.05) is 29.5 Å². The van der Waals surface area contributed by atoms with Crippen LogP contribution in [0.3, 0.4) is 0 Å². The number of fused-ring (bicyclic) bond motifs is 3. The number of carbonyl (C=O) groups is 1. The van der Waals surface area contributed by atoms with Crippen LogP contribution in [-0.4, -0.2) is 61.1 Å². The fourth-order valence-electron chi connectivity index (χ4n) is 6.46. The summed E-state index contributed by atoms with van der Waals surface area (Å²) in [5.74, 6) is -0.0693. The van der Waals surface area contributed by atoms with E-state index in [4.69, 9.17) is 18.9 Å². The highest BCUT2D eigenvalue weighted by molar-refractivity contribution is 7.21. The second kappa shape index (κ2) is 12.1. The molecule has 0 radical (unpaired) electrons. The Balaban J connectivity index is 1.55. The third kappa shape index (κ3) is 5.91. The largest absolute Gasteiger partial charge is 0.496 e. The van der Waals surface area contributed by atoms with Crippen molar-refractivity contribution in [3.8, 4) is 10.8 Å². The van der Waals surface area contributed by atoms with E-state index in [9.17, 15) is 14.4 Å². The van der Waals surface area contributed by atoms with Gasteiger partial charge in [0, 0.05) is 11.1 Å². The predicted molar refractivity (Wildman–Crippen MR) is 173 cm³/mol. The highest BCUT2D eigenvalue weighted by Crippen LogP contribution is 2.39. The molecule has 5 heterocycles. The monoisotopic (exact) mass is 651 g/mol. The zero-order valence-corrected chi connectivity index (χ0v) is 28.1. The number of para-hydroxylation sites is 1. The van der Waals surface area contributed by atoms with Crippen molar-refractivity contribution in [2.24, 2.45) is 0 Å². The standard InChI is InChI=1S/C33H41N5O7S/c1-19-26-27(39)37(33(5,6)30(40)45-32(2,3)4)31(41)36(29(26)46-28(19)38-34-14-15-35-38)18-25(23-10-8-9-11-24(23)42-7)44-22-16-20-12-13-21(17-22)43-20/h8-11,14-15,20-22,25H,12-13,16-18H2,1-7H3/t20-,21+,22+,25-/m0/s1. The first-order valence-electron chi connectivity index (χ1n) is 15.6. The smallest absolute Gasteiger partial charge is 0.333 e. The molecule has 2 aliphatic rings. The van der Waals surface area contributed by atoms with Crippen LogP contribution in [0.15, 0.2) is 46.2 Å². The summed E-state index contributed by atoms with van der Waals surface area (Å²) in [6.07, 6.45) is 6.21. The number of nitrogens with zero attached hydrogens (tertiary/aromatic N) is 5. The van der Waals surface area contributed by atoms with Gasteiger partial charge in [-0.05, 0) is 73.3 Å². The van der Waals surface area contributed by atoms with Crippen molar-refractivity contribution in [2.75, 3.05) is 7.11 Å². The van der Waals surface area contributed by atoms with Crippen molar-refractivity contribution >= 4 is 27.5 Å². The van der Waals surface area contributed by atoms with Crippen LogP contribution in [0.25, 0.3) is 15.2 Å². The highest BCUT2D eigenvalue weighted by atomic mass is 32.1. The topological polar surface area (TPSA) is 129 Å². The molecule has 0 aliphatic carbocycles. The lowest BCUT2D eigenvalue weighted by atomic mass is 10.0. The molecule has 2 bridgehead atoms. The molecule has 2 aliphatic heterocycles. The lowest BCUT2D eigenvalue weighted by Crippen LogP contribution is -2.54. The fourth-order valence-corrected chi connectivity index (χ4v) is 7.68. The molecule has 12 nitrogen and oxygen atoms in total. The third-order valence-electron chi connectivity index (χ3n) is 8.68. The SMILES string of the molecule is COc1ccccc1[C@H](Cn1c(=O)n(C(C)(C)C(=O)OC(C)(C)C)c(=O)c2c(C)c(-n3nccn3)sc21)O[C@H]1C[C@H]2CC[C@@H](C1)O2. The summed E-state index contributed by atoms with van der Waals surface area (Å²) in [5.41, 5.74) is -2.32. The van der Waals surface area contributed by atoms with Gasteiger partial charge in [0.05, 0.1) is 49.7 Å². The van der Waals surface area contributed by atoms with Crippen LogP contribution in [0, 0.1) is 6.92 Å². The van der Waals surface area contributed by atoms with Crippen molar-refractivity contribution in [2.45, 2.75) is 109 Å². The number of carbonyl (C=O) groups excluding carboxylic acids is 1. The van der Waals surface area contributed by atoms with Gasteiger partial charge in [0.2, 0.25) is 0 Å². The maximum Gasteiger partial charge on any atom is 0.333 e. The molecule has 13 heteroatoms. The Bertz CT molecular complexity index is 1860. The van der Waals surface area contributed by atoms with Crippen molar-refractivity contribution < 1.29 is 23.7 Å². The fraction of sp³-hybridized carbons (Fsp3) is 0.545. The molecule has 0 N–H and O–H groups in total. The second-order valence-corrected chi connectivity index (χ2v) is 14.5. The van der Waals surface area contributed by atoms with Crippen LogP contribution in [-0.2, 0) is 31.1 Å². The normalized spacial score (nSPS) is 20.6. The van der Waals surface area contributed by atoms with E-state index >= 15 is 0 Å². The first kappa shape index (κ1) is 32.1. The Morgan fingerprint density at radius 3 is 2.35 bits per heavy atom. The van der Waals surface area contributed by atoms with Crippen molar-refractivity contribution in [3.63, 3.8) is 0 Å². The lowest BCUT2D eigenvalue weighted by Gasteiger charge is -2.33. The van der Waals surface area contributed by atoms with Gasteiger partial charge in [-0.25, -0.2) is 14.2 Å². The zero-order valence-electron chi connectivity index (χ0n) is 27.3. The first-order valence-corrected chi connectivity index (χ1v) is 16.4. The van der Waals surface area contributed by atoms with Gasteiger partial charge in [0.15, 0.2) is 0 Å². The lowest BCUT2D eigenvalue weighted by molar-refractivity contribution is -0.164. The molecule has 6 rings (SSSR count). The summed E-state index contributed by atoms with van der Waals surface area (Å²) in [5, 5.41) is 9.46. The number of hydrogen-bond donors (Lipinski definition) is 0. The number of methoxy groups -OCH3 is 1. The summed E-state index contributed by atoms with van der Waals surface area (Å²) < 4.78 is 26.9. The summed E-state index contributed by atoms with van der Waals surface area (Å²) >= 11 is 1.24. The summed E-state index contributed by atoms with van der Waals surface area (Å²) in [4.78, 5) is 44.4. The van der Waals surface area contributed by atoms with Crippen molar-refractivity contribution in [3.05, 3.63) is 68.6 Å². The average Bonchev–Trinajstić information content (AvgIpc) is 3.72. The Kier molecular flexibility index (Phi) is 8.45. The molecule has 0 unspecified atom stereocenters. The van der Waals surface area contributed by atoms with Gasteiger partial charge in [0.25, 0.3) is 5.56 Å². The summed E-state index contributed by atoms with van der Waals surface area (Å²) in [6.45, 7) is 10.1. The van der Waals surface area contributed by atoms with Gasteiger partial charge in [-0.2, -0.15) is 10.2 Å². The number of aryl methyl sites for hydroxylation is 1. The Hall–Kier alpha value is -3.81. The number of thiophene rings is 1. The van der Waals surface area contributed by atoms with Gasteiger partial charge in [-0.15, -0.1) is 4.80 Å². The van der Waals surface area contributed by atoms with Crippen LogP contribution in [0.4, 0.5) is 0 Å². The van der Waals surface area contributed by atoms with Gasteiger partial charge >= 0.3 is 11.7 Å². The predicted octanol–water partition coefficient (Wildman–Crippen LogP) is 4.67. The maximum absolute atomic E-state index is 14.6. The van der Waals surface area contributed by atoms with Crippen LogP contribution in [0.2, 0.25) is 0 Å². The number of benzene rings is 1. The van der Waals surface area contributed by atoms with E-state index in [1.165, 1.54) is 30.0 Å². The van der Waals surface area contributed by atoms with E-state index in [1.807, 2.05) is 24.3 Å². The number of esters is 1. The summed E-state index contributed by atoms with van der Waals surface area (Å²) in [6, 6.07) is 7.58. The molecule has 0 amide bonds. The highest BCUT2D eigenvalue weighted by Gasteiger charge is 2.40. The van der Waals surface area contributed by atoms with Crippen LogP contribution >= 0.6 is 11.3 Å². The number of ether oxygens (including phenoxy) is 4. The van der Waals surface area contributed by atoms with Crippen molar-refractivity contribution in [1.29, 1.82) is 0 Å². The molecule has 4 atom stereocenters. The minimum atomic E-state index is -1.63. The van der Waals surface area contributed by atoms with Crippen LogP contribution < -0.4 is 16.0 Å². The molecular formula is C33H41N5O7S. The Morgan fingerprint density at radius 1 is 1.07 bits per heavy atom. The van der Waals surface area contributed by atoms with E-state index in [-0.39, 0.29) is 24.9 Å². The van der Waals surface area contributed by atoms with E-state index in [1.54, 1.807) is 51.8 Å². The van der Waals surface area contributed by atoms with E-state index in [0.29, 0.717) is 26.5 Å². The van der Waals surface area contributed by atoms with Gasteiger partial charge in [-0.3, -0.25) is 9.36 Å². The molecule has 246 valence electrons. The van der Waals surface area contributed by atoms with Crippen LogP contribution in [0.1, 0.15) is 77.5 Å². The summed E-state index contributed by atoms with van der Waals surface area (Å²) in [7, 11) is 1.60. The second-order valence-electron chi connectivity index (χ2n) is 13.5. The molecule has 2 saturated heterocycles. The molecule has 3 aromatic heterocycles. The number of hydrogen-bond acceptors (Lipinski definition) is 10. The number of aromatic nitrogens is 5. The first-order chi connectivity index (χ1) is 21.8. The molecule has 0 spiro atoms. The van der Waals surface area contributed by atoms with Crippen molar-refractivity contribution in [1.82, 2.24) is 24.1 Å². The van der Waals surface area contributed by atoms with E-state index in [2.05, 4.69) is 10.2 Å². The minimum absolute atomic E-state index is 0.0546. The molecule has 4 aromatic rings. The van der Waals surface area contributed by atoms with Gasteiger partial charge < -0.3 is 18.9 Å². The molecule has 0 saturated carbocycles. The molecular weight excluding hydrogens is 610 g/mol. The van der Waals surface area contributed by atoms with Crippen LogP contribution in [0.5, 0.6) is 5.75 Å². The van der Waals surface area contributed by atoms with E-state index in [0.717, 1.165) is 35.8 Å². The average molecular weight is 652 g/mol. The number of rotatable bonds is 9. The maximum atomic E-state index is 14.6. The zero-order chi connectivity index (χ0) is 33.0. The minimum Gasteiger partial charge on any atom is -0.496 e. The molecule has 2 fully saturated rings. The van der Waals surface area contributed by atoms with E-state index < -0.39 is 34.5 Å².